The first-order chi connectivity index (χ1) is 8.93. The van der Waals surface area contributed by atoms with Gasteiger partial charge in [0.15, 0.2) is 0 Å². The van der Waals surface area contributed by atoms with Crippen molar-refractivity contribution in [2.24, 2.45) is 5.73 Å². The molecular weight excluding hydrogens is 291 g/mol. The van der Waals surface area contributed by atoms with Crippen molar-refractivity contribution in [2.75, 3.05) is 26.3 Å². The largest absolute Gasteiger partial charge is 0.389 e. The summed E-state index contributed by atoms with van der Waals surface area (Å²) in [6.45, 7) is 1.26. The maximum Gasteiger partial charge on any atom is 0.243 e. The zero-order valence-corrected chi connectivity index (χ0v) is 11.6. The average molecular weight is 304 g/mol. The Morgan fingerprint density at radius 3 is 2.58 bits per heavy atom. The first-order valence-electron chi connectivity index (χ1n) is 5.60. The summed E-state index contributed by atoms with van der Waals surface area (Å²) in [5.41, 5.74) is 5.30. The summed E-state index contributed by atoms with van der Waals surface area (Å²) in [4.78, 5) is -0.185. The molecule has 0 aliphatic carbocycles. The molecule has 8 heteroatoms. The Kier molecular flexibility index (Phi) is 4.14. The Hall–Kier alpha value is -1.09. The second-order valence-electron chi connectivity index (χ2n) is 4.02. The number of hydrogen-bond acceptors (Lipinski definition) is 4. The van der Waals surface area contributed by atoms with Gasteiger partial charge in [-0.3, -0.25) is 0 Å². The van der Waals surface area contributed by atoms with Crippen LogP contribution >= 0.6 is 12.2 Å². The number of nitrogens with zero attached hydrogens (tertiary/aromatic N) is 1. The van der Waals surface area contributed by atoms with Crippen molar-refractivity contribution < 1.29 is 17.5 Å². The molecule has 0 saturated carbocycles. The van der Waals surface area contributed by atoms with Gasteiger partial charge in [-0.2, -0.15) is 4.31 Å². The highest BCUT2D eigenvalue weighted by molar-refractivity contribution is 7.89. The van der Waals surface area contributed by atoms with Gasteiger partial charge in [0, 0.05) is 18.7 Å². The number of sulfonamides is 1. The summed E-state index contributed by atoms with van der Waals surface area (Å²) in [6, 6.07) is 3.44. The third-order valence-corrected chi connectivity index (χ3v) is 4.93. The van der Waals surface area contributed by atoms with Gasteiger partial charge in [-0.05, 0) is 18.2 Å². The van der Waals surface area contributed by atoms with Gasteiger partial charge in [0.2, 0.25) is 10.0 Å². The van der Waals surface area contributed by atoms with E-state index in [4.69, 9.17) is 22.7 Å². The van der Waals surface area contributed by atoms with Crippen LogP contribution in [0.4, 0.5) is 4.39 Å². The van der Waals surface area contributed by atoms with Crippen LogP contribution in [0, 0.1) is 5.82 Å². The Morgan fingerprint density at radius 1 is 1.37 bits per heavy atom. The Morgan fingerprint density at radius 2 is 2.00 bits per heavy atom. The summed E-state index contributed by atoms with van der Waals surface area (Å²) in [5, 5.41) is 0. The number of thiocarbonyl (C=S) groups is 1. The van der Waals surface area contributed by atoms with Gasteiger partial charge < -0.3 is 10.5 Å². The van der Waals surface area contributed by atoms with E-state index < -0.39 is 15.8 Å². The van der Waals surface area contributed by atoms with Crippen LogP contribution < -0.4 is 5.73 Å². The molecule has 2 rings (SSSR count). The second kappa shape index (κ2) is 5.49. The maximum atomic E-state index is 13.5. The van der Waals surface area contributed by atoms with Crippen LogP contribution in [0.5, 0.6) is 0 Å². The van der Waals surface area contributed by atoms with Crippen LogP contribution in [-0.2, 0) is 14.8 Å². The third kappa shape index (κ3) is 2.92. The molecule has 104 valence electrons. The van der Waals surface area contributed by atoms with Crippen LogP contribution in [0.2, 0.25) is 0 Å². The van der Waals surface area contributed by atoms with Crippen molar-refractivity contribution in [3.63, 3.8) is 0 Å². The Balaban J connectivity index is 2.40. The molecule has 1 aliphatic rings. The first-order valence-corrected chi connectivity index (χ1v) is 7.45. The number of hydrogen-bond donors (Lipinski definition) is 1. The van der Waals surface area contributed by atoms with Gasteiger partial charge in [-0.15, -0.1) is 0 Å². The fourth-order valence-electron chi connectivity index (χ4n) is 1.79. The first kappa shape index (κ1) is 14.3. The maximum absolute atomic E-state index is 13.5. The van der Waals surface area contributed by atoms with E-state index in [0.717, 1.165) is 6.07 Å². The van der Waals surface area contributed by atoms with Gasteiger partial charge in [0.1, 0.15) is 10.8 Å². The van der Waals surface area contributed by atoms with Crippen molar-refractivity contribution in [2.45, 2.75) is 4.90 Å². The summed E-state index contributed by atoms with van der Waals surface area (Å²) in [7, 11) is -3.66. The van der Waals surface area contributed by atoms with Crippen LogP contribution in [-0.4, -0.2) is 44.0 Å². The van der Waals surface area contributed by atoms with Crippen molar-refractivity contribution in [3.8, 4) is 0 Å². The van der Waals surface area contributed by atoms with E-state index in [9.17, 15) is 12.8 Å². The number of halogens is 1. The minimum absolute atomic E-state index is 0.0152. The standard InChI is InChI=1S/C11H13FN2O3S2/c12-10-2-1-8(7-9(10)11(13)18)19(15,16)14-3-5-17-6-4-14/h1-2,7H,3-6H2,(H2,13,18). The van der Waals surface area contributed by atoms with Gasteiger partial charge in [0.05, 0.1) is 18.1 Å². The quantitative estimate of drug-likeness (QED) is 0.822. The fourth-order valence-corrected chi connectivity index (χ4v) is 3.38. The topological polar surface area (TPSA) is 72.6 Å². The molecule has 0 aromatic heterocycles. The van der Waals surface area contributed by atoms with Crippen molar-refractivity contribution in [3.05, 3.63) is 29.6 Å². The molecule has 0 spiro atoms. The molecule has 0 amide bonds. The van der Waals surface area contributed by atoms with E-state index in [1.54, 1.807) is 0 Å². The summed E-state index contributed by atoms with van der Waals surface area (Å²) in [5.74, 6) is -0.631. The highest BCUT2D eigenvalue weighted by Gasteiger charge is 2.27. The Labute approximate surface area is 116 Å². The molecule has 19 heavy (non-hydrogen) atoms. The van der Waals surface area contributed by atoms with Crippen molar-refractivity contribution in [1.29, 1.82) is 0 Å². The molecule has 1 fully saturated rings. The molecule has 1 saturated heterocycles. The minimum Gasteiger partial charge on any atom is -0.389 e. The zero-order valence-electron chi connectivity index (χ0n) is 10.0. The lowest BCUT2D eigenvalue weighted by Gasteiger charge is -2.26. The lowest BCUT2D eigenvalue weighted by Crippen LogP contribution is -2.40. The van der Waals surface area contributed by atoms with Crippen LogP contribution in [0.3, 0.4) is 0 Å². The summed E-state index contributed by atoms with van der Waals surface area (Å²) < 4.78 is 44.5. The smallest absolute Gasteiger partial charge is 0.243 e. The lowest BCUT2D eigenvalue weighted by atomic mass is 10.2. The van der Waals surface area contributed by atoms with E-state index >= 15 is 0 Å². The molecule has 0 unspecified atom stereocenters. The number of nitrogens with two attached hydrogens (primary N) is 1. The van der Waals surface area contributed by atoms with E-state index in [2.05, 4.69) is 0 Å². The van der Waals surface area contributed by atoms with Crippen LogP contribution in [0.25, 0.3) is 0 Å². The van der Waals surface area contributed by atoms with Crippen LogP contribution in [0.15, 0.2) is 23.1 Å². The van der Waals surface area contributed by atoms with Crippen molar-refractivity contribution in [1.82, 2.24) is 4.31 Å². The van der Waals surface area contributed by atoms with Crippen LogP contribution in [0.1, 0.15) is 5.56 Å². The van der Waals surface area contributed by atoms with E-state index in [1.165, 1.54) is 16.4 Å². The molecule has 1 heterocycles. The molecule has 2 N–H and O–H groups in total. The minimum atomic E-state index is -3.66. The predicted octanol–water partition coefficient (Wildman–Crippen LogP) is 0.481. The lowest BCUT2D eigenvalue weighted by molar-refractivity contribution is 0.0730. The highest BCUT2D eigenvalue weighted by Crippen LogP contribution is 2.20. The highest BCUT2D eigenvalue weighted by atomic mass is 32.2. The number of morpholine rings is 1. The molecule has 0 atom stereocenters. The second-order valence-corrected chi connectivity index (χ2v) is 6.40. The van der Waals surface area contributed by atoms with Gasteiger partial charge in [0.25, 0.3) is 0 Å². The van der Waals surface area contributed by atoms with E-state index in [-0.39, 0.29) is 28.5 Å². The molecule has 0 bridgehead atoms. The average Bonchev–Trinajstić information content (AvgIpc) is 2.39. The van der Waals surface area contributed by atoms with Crippen molar-refractivity contribution >= 4 is 27.2 Å². The fraction of sp³-hybridized carbons (Fsp3) is 0.364. The number of ether oxygens (including phenoxy) is 1. The molecule has 1 aromatic carbocycles. The molecule has 1 aromatic rings. The molecular formula is C11H13FN2O3S2. The normalized spacial score (nSPS) is 17.3. The Bertz CT molecular complexity index is 598. The molecule has 0 radical (unpaired) electrons. The number of benzene rings is 1. The SMILES string of the molecule is NC(=S)c1cc(S(=O)(=O)N2CCOCC2)ccc1F. The molecule has 5 nitrogen and oxygen atoms in total. The predicted molar refractivity (Wildman–Crippen MR) is 71.9 cm³/mol. The third-order valence-electron chi connectivity index (χ3n) is 2.81. The number of rotatable bonds is 3. The van der Waals surface area contributed by atoms with E-state index in [0.29, 0.717) is 13.2 Å². The zero-order chi connectivity index (χ0) is 14.0. The van der Waals surface area contributed by atoms with Gasteiger partial charge in [-0.25, -0.2) is 12.8 Å². The summed E-state index contributed by atoms with van der Waals surface area (Å²) >= 11 is 4.70. The van der Waals surface area contributed by atoms with E-state index in [1.807, 2.05) is 0 Å². The monoisotopic (exact) mass is 304 g/mol. The summed E-state index contributed by atoms with van der Waals surface area (Å²) in [6.07, 6.45) is 0. The molecule has 1 aliphatic heterocycles. The van der Waals surface area contributed by atoms with Gasteiger partial charge >= 0.3 is 0 Å². The van der Waals surface area contributed by atoms with Gasteiger partial charge in [-0.1, -0.05) is 12.2 Å².